The number of halogens is 1. The van der Waals surface area contributed by atoms with Crippen molar-refractivity contribution in [3.63, 3.8) is 0 Å². The molecular formula is C16H15ClN2S. The van der Waals surface area contributed by atoms with Crippen LogP contribution in [0.25, 0.3) is 10.2 Å². The lowest BCUT2D eigenvalue weighted by Crippen LogP contribution is -2.08. The molecule has 4 heteroatoms. The summed E-state index contributed by atoms with van der Waals surface area (Å²) in [5, 5.41) is 5.11. The molecule has 0 aliphatic rings. The Morgan fingerprint density at radius 3 is 2.80 bits per heavy atom. The summed E-state index contributed by atoms with van der Waals surface area (Å²) in [7, 11) is 1.95. The van der Waals surface area contributed by atoms with Gasteiger partial charge in [0.1, 0.15) is 0 Å². The van der Waals surface area contributed by atoms with Crippen LogP contribution < -0.4 is 5.32 Å². The lowest BCUT2D eigenvalue weighted by Gasteiger charge is -2.08. The SMILES string of the molecule is CNCc1cc(Cl)ccc1Cc1nc2ccccc2s1. The number of hydrogen-bond donors (Lipinski definition) is 1. The van der Waals surface area contributed by atoms with Crippen molar-refractivity contribution in [3.05, 3.63) is 63.6 Å². The predicted molar refractivity (Wildman–Crippen MR) is 86.6 cm³/mol. The molecule has 0 aliphatic carbocycles. The highest BCUT2D eigenvalue weighted by molar-refractivity contribution is 7.18. The average Bonchev–Trinajstić information content (AvgIpc) is 2.84. The number of fused-ring (bicyclic) bond motifs is 1. The van der Waals surface area contributed by atoms with Gasteiger partial charge in [-0.15, -0.1) is 11.3 Å². The van der Waals surface area contributed by atoms with Crippen molar-refractivity contribution in [2.45, 2.75) is 13.0 Å². The maximum Gasteiger partial charge on any atom is 0.0982 e. The summed E-state index contributed by atoms with van der Waals surface area (Å²) in [6.07, 6.45) is 0.855. The largest absolute Gasteiger partial charge is 0.316 e. The monoisotopic (exact) mass is 302 g/mol. The Balaban J connectivity index is 1.93. The van der Waals surface area contributed by atoms with Crippen LogP contribution in [0.4, 0.5) is 0 Å². The molecule has 0 amide bonds. The van der Waals surface area contributed by atoms with Crippen LogP contribution in [0.2, 0.25) is 5.02 Å². The number of nitrogens with zero attached hydrogens (tertiary/aromatic N) is 1. The molecule has 1 N–H and O–H groups in total. The molecule has 2 nitrogen and oxygen atoms in total. The molecule has 0 unspecified atom stereocenters. The molecule has 0 saturated heterocycles. The molecule has 3 aromatic rings. The number of nitrogens with one attached hydrogen (secondary N) is 1. The van der Waals surface area contributed by atoms with E-state index in [1.54, 1.807) is 11.3 Å². The zero-order valence-corrected chi connectivity index (χ0v) is 12.8. The van der Waals surface area contributed by atoms with E-state index < -0.39 is 0 Å². The number of thiazole rings is 1. The molecule has 0 bridgehead atoms. The zero-order valence-electron chi connectivity index (χ0n) is 11.2. The predicted octanol–water partition coefficient (Wildman–Crippen LogP) is 4.26. The fourth-order valence-corrected chi connectivity index (χ4v) is 3.47. The van der Waals surface area contributed by atoms with Gasteiger partial charge in [0.15, 0.2) is 0 Å². The second kappa shape index (κ2) is 5.92. The molecular weight excluding hydrogens is 288 g/mol. The third kappa shape index (κ3) is 2.85. The van der Waals surface area contributed by atoms with Crippen molar-refractivity contribution in [1.82, 2.24) is 10.3 Å². The molecule has 0 saturated carbocycles. The van der Waals surface area contributed by atoms with E-state index in [-0.39, 0.29) is 0 Å². The molecule has 20 heavy (non-hydrogen) atoms. The maximum atomic E-state index is 6.08. The van der Waals surface area contributed by atoms with Gasteiger partial charge in [-0.05, 0) is 42.4 Å². The minimum atomic E-state index is 0.781. The van der Waals surface area contributed by atoms with E-state index in [1.807, 2.05) is 25.2 Å². The van der Waals surface area contributed by atoms with Gasteiger partial charge in [0.2, 0.25) is 0 Å². The van der Waals surface area contributed by atoms with Crippen LogP contribution in [0, 0.1) is 0 Å². The zero-order chi connectivity index (χ0) is 13.9. The van der Waals surface area contributed by atoms with Crippen molar-refractivity contribution in [2.75, 3.05) is 7.05 Å². The van der Waals surface area contributed by atoms with Crippen molar-refractivity contribution >= 4 is 33.2 Å². The normalized spacial score (nSPS) is 11.1. The first-order chi connectivity index (χ1) is 9.76. The van der Waals surface area contributed by atoms with Gasteiger partial charge < -0.3 is 5.32 Å². The molecule has 2 aromatic carbocycles. The van der Waals surface area contributed by atoms with Crippen LogP contribution in [0.3, 0.4) is 0 Å². The molecule has 0 atom stereocenters. The standard InChI is InChI=1S/C16H15ClN2S/c1-18-10-12-8-13(17)7-6-11(12)9-16-19-14-4-2-3-5-15(14)20-16/h2-8,18H,9-10H2,1H3. The fourth-order valence-electron chi connectivity index (χ4n) is 2.28. The van der Waals surface area contributed by atoms with Gasteiger partial charge >= 0.3 is 0 Å². The third-order valence-electron chi connectivity index (χ3n) is 3.22. The minimum absolute atomic E-state index is 0.781. The van der Waals surface area contributed by atoms with E-state index in [0.717, 1.165) is 28.5 Å². The van der Waals surface area contributed by atoms with E-state index in [4.69, 9.17) is 16.6 Å². The minimum Gasteiger partial charge on any atom is -0.316 e. The summed E-state index contributed by atoms with van der Waals surface area (Å²) in [6, 6.07) is 14.3. The lowest BCUT2D eigenvalue weighted by atomic mass is 10.0. The number of rotatable bonds is 4. The molecule has 0 radical (unpaired) electrons. The highest BCUT2D eigenvalue weighted by Crippen LogP contribution is 2.25. The summed E-state index contributed by atoms with van der Waals surface area (Å²) in [6.45, 7) is 0.820. The topological polar surface area (TPSA) is 24.9 Å². The van der Waals surface area contributed by atoms with Crippen LogP contribution >= 0.6 is 22.9 Å². The summed E-state index contributed by atoms with van der Waals surface area (Å²) in [5.74, 6) is 0. The van der Waals surface area contributed by atoms with Gasteiger partial charge in [-0.3, -0.25) is 0 Å². The smallest absolute Gasteiger partial charge is 0.0982 e. The lowest BCUT2D eigenvalue weighted by molar-refractivity contribution is 0.807. The summed E-state index contributed by atoms with van der Waals surface area (Å²) < 4.78 is 1.24. The Morgan fingerprint density at radius 1 is 1.15 bits per heavy atom. The summed E-state index contributed by atoms with van der Waals surface area (Å²) >= 11 is 7.84. The van der Waals surface area contributed by atoms with Gasteiger partial charge in [-0.2, -0.15) is 0 Å². The number of hydrogen-bond acceptors (Lipinski definition) is 3. The van der Waals surface area contributed by atoms with Crippen molar-refractivity contribution in [2.24, 2.45) is 0 Å². The van der Waals surface area contributed by atoms with Crippen LogP contribution in [-0.2, 0) is 13.0 Å². The van der Waals surface area contributed by atoms with E-state index in [1.165, 1.54) is 15.8 Å². The molecule has 102 valence electrons. The Morgan fingerprint density at radius 2 is 2.00 bits per heavy atom. The van der Waals surface area contributed by atoms with Crippen LogP contribution in [0.1, 0.15) is 16.1 Å². The first-order valence-corrected chi connectivity index (χ1v) is 7.72. The number of benzene rings is 2. The summed E-state index contributed by atoms with van der Waals surface area (Å²) in [5.41, 5.74) is 3.60. The van der Waals surface area contributed by atoms with E-state index in [0.29, 0.717) is 0 Å². The van der Waals surface area contributed by atoms with Crippen LogP contribution in [0.15, 0.2) is 42.5 Å². The molecule has 0 aliphatic heterocycles. The number of aromatic nitrogens is 1. The molecule has 0 spiro atoms. The van der Waals surface area contributed by atoms with Gasteiger partial charge in [-0.25, -0.2) is 4.98 Å². The molecule has 1 heterocycles. The van der Waals surface area contributed by atoms with E-state index >= 15 is 0 Å². The van der Waals surface area contributed by atoms with Gasteiger partial charge in [-0.1, -0.05) is 29.8 Å². The van der Waals surface area contributed by atoms with Crippen molar-refractivity contribution in [3.8, 4) is 0 Å². The first kappa shape index (κ1) is 13.6. The van der Waals surface area contributed by atoms with Crippen molar-refractivity contribution < 1.29 is 0 Å². The highest BCUT2D eigenvalue weighted by atomic mass is 35.5. The Hall–Kier alpha value is -1.42. The molecule has 3 rings (SSSR count). The average molecular weight is 303 g/mol. The van der Waals surface area contributed by atoms with E-state index in [2.05, 4.69) is 29.6 Å². The first-order valence-electron chi connectivity index (χ1n) is 6.52. The second-order valence-corrected chi connectivity index (χ2v) is 6.25. The quantitative estimate of drug-likeness (QED) is 0.779. The fraction of sp³-hybridized carbons (Fsp3) is 0.188. The summed E-state index contributed by atoms with van der Waals surface area (Å²) in [4.78, 5) is 4.70. The highest BCUT2D eigenvalue weighted by Gasteiger charge is 2.08. The van der Waals surface area contributed by atoms with Gasteiger partial charge in [0.05, 0.1) is 15.2 Å². The third-order valence-corrected chi connectivity index (χ3v) is 4.49. The van der Waals surface area contributed by atoms with Gasteiger partial charge in [0.25, 0.3) is 0 Å². The van der Waals surface area contributed by atoms with Crippen LogP contribution in [-0.4, -0.2) is 12.0 Å². The Bertz CT molecular complexity index is 703. The number of para-hydroxylation sites is 1. The molecule has 0 fully saturated rings. The molecule has 1 aromatic heterocycles. The second-order valence-electron chi connectivity index (χ2n) is 4.70. The Labute approximate surface area is 127 Å². The van der Waals surface area contributed by atoms with Crippen LogP contribution in [0.5, 0.6) is 0 Å². The van der Waals surface area contributed by atoms with Crippen molar-refractivity contribution in [1.29, 1.82) is 0 Å². The Kier molecular flexibility index (Phi) is 4.01. The van der Waals surface area contributed by atoms with Gasteiger partial charge in [0, 0.05) is 18.0 Å². The maximum absolute atomic E-state index is 6.08. The van der Waals surface area contributed by atoms with E-state index in [9.17, 15) is 0 Å².